The molecule has 2 aromatic rings. The summed E-state index contributed by atoms with van der Waals surface area (Å²) in [6, 6.07) is 2.96. The average molecular weight is 425 g/mol. The Morgan fingerprint density at radius 3 is 1.90 bits per heavy atom. The summed E-state index contributed by atoms with van der Waals surface area (Å²) < 4.78 is 87.9. The Labute approximate surface area is 161 Å². The number of nitrogens with one attached hydrogen (secondary N) is 1. The highest BCUT2D eigenvalue weighted by atomic mass is 19.4. The molecule has 0 radical (unpaired) electrons. The topological polar surface area (TPSA) is 81.9 Å². The van der Waals surface area contributed by atoms with Crippen molar-refractivity contribution in [2.75, 3.05) is 5.32 Å². The van der Waals surface area contributed by atoms with Gasteiger partial charge in [0.15, 0.2) is 0 Å². The monoisotopic (exact) mass is 425 g/mol. The number of hydrogen-bond acceptors (Lipinski definition) is 5. The molecular weight excluding hydrogens is 408 g/mol. The number of ether oxygens (including phenoxy) is 1. The van der Waals surface area contributed by atoms with Crippen LogP contribution in [-0.4, -0.2) is 44.3 Å². The van der Waals surface area contributed by atoms with Crippen molar-refractivity contribution >= 4 is 11.8 Å². The van der Waals surface area contributed by atoms with Crippen molar-refractivity contribution in [3.05, 3.63) is 35.7 Å². The van der Waals surface area contributed by atoms with Crippen LogP contribution in [0.15, 0.2) is 24.3 Å². The molecule has 1 aromatic carbocycles. The van der Waals surface area contributed by atoms with Gasteiger partial charge in [-0.05, 0) is 43.7 Å². The number of hydrogen-bond donors (Lipinski definition) is 1. The highest BCUT2D eigenvalue weighted by molar-refractivity contribution is 5.84. The molecule has 0 spiro atoms. The number of tetrazole rings is 1. The zero-order chi connectivity index (χ0) is 22.3. The van der Waals surface area contributed by atoms with Gasteiger partial charge in [0.1, 0.15) is 5.60 Å². The molecule has 0 atom stereocenters. The Morgan fingerprint density at radius 1 is 1.00 bits per heavy atom. The summed E-state index contributed by atoms with van der Waals surface area (Å²) in [6.45, 7) is 4.76. The molecule has 0 unspecified atom stereocenters. The highest BCUT2D eigenvalue weighted by Gasteiger charge is 2.75. The molecule has 0 bridgehead atoms. The highest BCUT2D eigenvalue weighted by Crippen LogP contribution is 2.55. The van der Waals surface area contributed by atoms with Crippen molar-refractivity contribution in [1.29, 1.82) is 0 Å². The summed E-state index contributed by atoms with van der Waals surface area (Å²) in [5.41, 5.74) is -6.59. The molecule has 0 aliphatic carbocycles. The number of aryl methyl sites for hydroxylation is 1. The van der Waals surface area contributed by atoms with E-state index in [1.165, 1.54) is 0 Å². The maximum atomic E-state index is 13.8. The molecular formula is C16H17F6N5O2. The number of carbonyl (C=O) groups is 1. The fourth-order valence-electron chi connectivity index (χ4n) is 2.53. The van der Waals surface area contributed by atoms with E-state index in [1.807, 2.05) is 0 Å². The van der Waals surface area contributed by atoms with Crippen LogP contribution in [0.4, 0.5) is 36.8 Å². The molecule has 7 nitrogen and oxygen atoms in total. The lowest BCUT2D eigenvalue weighted by molar-refractivity contribution is -0.290. The molecule has 2 rings (SSSR count). The number of rotatable bonds is 3. The van der Waals surface area contributed by atoms with Crippen molar-refractivity contribution < 1.29 is 35.9 Å². The van der Waals surface area contributed by atoms with Gasteiger partial charge in [0.25, 0.3) is 0 Å². The van der Waals surface area contributed by atoms with Gasteiger partial charge in [-0.15, -0.1) is 10.2 Å². The number of halogens is 6. The molecule has 29 heavy (non-hydrogen) atoms. The van der Waals surface area contributed by atoms with E-state index < -0.39 is 40.8 Å². The number of amides is 1. The standard InChI is InChI=1S/C16H17F6N5O2/c1-13(2,3)29-12(28)23-10-7-5-9(6-8-10)14(15(17,18)19,16(20,21)22)11-24-26-27(4)25-11/h5-8H,1-4H3,(H,23,28). The Hall–Kier alpha value is -2.86. The third kappa shape index (κ3) is 4.43. The van der Waals surface area contributed by atoms with Crippen LogP contribution in [0.25, 0.3) is 0 Å². The Bertz CT molecular complexity index is 854. The smallest absolute Gasteiger partial charge is 0.414 e. The van der Waals surface area contributed by atoms with Gasteiger partial charge in [-0.2, -0.15) is 31.1 Å². The first kappa shape index (κ1) is 22.4. The second kappa shape index (κ2) is 7.19. The van der Waals surface area contributed by atoms with Gasteiger partial charge in [0.2, 0.25) is 11.2 Å². The fourth-order valence-corrected chi connectivity index (χ4v) is 2.53. The fraction of sp³-hybridized carbons (Fsp3) is 0.500. The van der Waals surface area contributed by atoms with E-state index in [4.69, 9.17) is 4.74 Å². The zero-order valence-corrected chi connectivity index (χ0v) is 15.7. The van der Waals surface area contributed by atoms with Crippen LogP contribution in [0.2, 0.25) is 0 Å². The molecule has 1 N–H and O–H groups in total. The third-order valence-corrected chi connectivity index (χ3v) is 3.66. The van der Waals surface area contributed by atoms with Crippen LogP contribution in [0.5, 0.6) is 0 Å². The minimum absolute atomic E-state index is 0.0617. The summed E-state index contributed by atoms with van der Waals surface area (Å²) in [4.78, 5) is 12.2. The average Bonchev–Trinajstić information content (AvgIpc) is 2.91. The van der Waals surface area contributed by atoms with Crippen molar-refractivity contribution in [2.45, 2.75) is 44.1 Å². The second-order valence-electron chi connectivity index (χ2n) is 7.05. The maximum Gasteiger partial charge on any atom is 0.414 e. The minimum Gasteiger partial charge on any atom is -0.444 e. The number of alkyl halides is 6. The van der Waals surface area contributed by atoms with Crippen LogP contribution in [0.3, 0.4) is 0 Å². The molecule has 0 fully saturated rings. The quantitative estimate of drug-likeness (QED) is 0.753. The summed E-state index contributed by atoms with van der Waals surface area (Å²) in [7, 11) is 1.04. The van der Waals surface area contributed by atoms with E-state index in [9.17, 15) is 31.1 Å². The van der Waals surface area contributed by atoms with E-state index in [2.05, 4.69) is 20.7 Å². The van der Waals surface area contributed by atoms with Crippen LogP contribution < -0.4 is 5.32 Å². The van der Waals surface area contributed by atoms with Gasteiger partial charge in [-0.25, -0.2) is 4.79 Å². The second-order valence-corrected chi connectivity index (χ2v) is 7.05. The molecule has 1 aromatic heterocycles. The molecule has 0 saturated carbocycles. The predicted molar refractivity (Wildman–Crippen MR) is 88.0 cm³/mol. The van der Waals surface area contributed by atoms with E-state index in [-0.39, 0.29) is 5.69 Å². The lowest BCUT2D eigenvalue weighted by Gasteiger charge is -2.35. The minimum atomic E-state index is -5.83. The SMILES string of the molecule is Cn1nnc(C(c2ccc(NC(=O)OC(C)(C)C)cc2)(C(F)(F)F)C(F)(F)F)n1. The largest absolute Gasteiger partial charge is 0.444 e. The molecule has 1 amide bonds. The Morgan fingerprint density at radius 2 is 1.52 bits per heavy atom. The summed E-state index contributed by atoms with van der Waals surface area (Å²) >= 11 is 0. The zero-order valence-electron chi connectivity index (χ0n) is 15.7. The van der Waals surface area contributed by atoms with E-state index >= 15 is 0 Å². The van der Waals surface area contributed by atoms with Crippen LogP contribution in [0, 0.1) is 0 Å². The van der Waals surface area contributed by atoms with Crippen LogP contribution in [0.1, 0.15) is 32.2 Å². The maximum absolute atomic E-state index is 13.8. The van der Waals surface area contributed by atoms with Gasteiger partial charge in [-0.1, -0.05) is 12.1 Å². The molecule has 160 valence electrons. The number of benzene rings is 1. The first-order valence-corrected chi connectivity index (χ1v) is 8.06. The van der Waals surface area contributed by atoms with E-state index in [1.54, 1.807) is 20.8 Å². The predicted octanol–water partition coefficient (Wildman–Crippen LogP) is 3.97. The number of nitrogens with zero attached hydrogens (tertiary/aromatic N) is 4. The lowest BCUT2D eigenvalue weighted by Crippen LogP contribution is -2.55. The normalized spacial score (nSPS) is 13.3. The van der Waals surface area contributed by atoms with Crippen molar-refractivity contribution in [3.63, 3.8) is 0 Å². The summed E-state index contributed by atoms with van der Waals surface area (Å²) in [5.74, 6) is -1.56. The van der Waals surface area contributed by atoms with Crippen LogP contribution >= 0.6 is 0 Å². The van der Waals surface area contributed by atoms with Gasteiger partial charge in [0, 0.05) is 5.69 Å². The molecule has 0 aliphatic rings. The molecule has 0 aliphatic heterocycles. The van der Waals surface area contributed by atoms with Crippen molar-refractivity contribution in [1.82, 2.24) is 20.2 Å². The number of carbonyl (C=O) groups excluding carboxylic acids is 1. The number of anilines is 1. The lowest BCUT2D eigenvalue weighted by atomic mass is 9.78. The number of aromatic nitrogens is 4. The van der Waals surface area contributed by atoms with E-state index in [0.717, 1.165) is 19.2 Å². The van der Waals surface area contributed by atoms with Gasteiger partial charge in [-0.3, -0.25) is 5.32 Å². The Balaban J connectivity index is 2.52. The summed E-state index contributed by atoms with van der Waals surface area (Å²) in [6.07, 6.45) is -12.6. The van der Waals surface area contributed by atoms with Gasteiger partial charge < -0.3 is 4.74 Å². The first-order chi connectivity index (χ1) is 13.1. The van der Waals surface area contributed by atoms with Gasteiger partial charge in [0.05, 0.1) is 7.05 Å². The van der Waals surface area contributed by atoms with Crippen LogP contribution in [-0.2, 0) is 17.2 Å². The van der Waals surface area contributed by atoms with Crippen molar-refractivity contribution in [3.8, 4) is 0 Å². The van der Waals surface area contributed by atoms with Crippen molar-refractivity contribution in [2.24, 2.45) is 7.05 Å². The molecule has 1 heterocycles. The Kier molecular flexibility index (Phi) is 5.56. The van der Waals surface area contributed by atoms with Gasteiger partial charge >= 0.3 is 18.4 Å². The van der Waals surface area contributed by atoms with E-state index in [0.29, 0.717) is 16.9 Å². The first-order valence-electron chi connectivity index (χ1n) is 8.06. The molecule has 13 heteroatoms. The summed E-state index contributed by atoms with van der Waals surface area (Å²) in [5, 5.41) is 11.5. The third-order valence-electron chi connectivity index (χ3n) is 3.66. The molecule has 0 saturated heterocycles.